The number of morpholine rings is 1. The number of methoxy groups -OCH3 is 1. The lowest BCUT2D eigenvalue weighted by molar-refractivity contribution is -0.120. The zero-order valence-electron chi connectivity index (χ0n) is 21.0. The summed E-state index contributed by atoms with van der Waals surface area (Å²) in [5, 5.41) is 12.2. The van der Waals surface area contributed by atoms with Crippen molar-refractivity contribution in [2.45, 2.75) is 32.5 Å². The molecule has 0 radical (unpaired) electrons. The van der Waals surface area contributed by atoms with Crippen LogP contribution in [-0.2, 0) is 22.6 Å². The van der Waals surface area contributed by atoms with Crippen molar-refractivity contribution >= 4 is 38.7 Å². The molecular weight excluding hydrogens is 490 g/mol. The highest BCUT2D eigenvalue weighted by Crippen LogP contribution is 2.44. The van der Waals surface area contributed by atoms with Crippen LogP contribution in [0.25, 0.3) is 26.0 Å². The summed E-state index contributed by atoms with van der Waals surface area (Å²) in [5.41, 5.74) is 11.6. The van der Waals surface area contributed by atoms with Gasteiger partial charge in [0.05, 0.1) is 36.8 Å². The largest absolute Gasteiger partial charge is 0.495 e. The molecule has 2 aliphatic heterocycles. The summed E-state index contributed by atoms with van der Waals surface area (Å²) in [7, 11) is 1.70. The van der Waals surface area contributed by atoms with Crippen molar-refractivity contribution in [3.05, 3.63) is 41.3 Å². The third kappa shape index (κ3) is 4.42. The van der Waals surface area contributed by atoms with Crippen molar-refractivity contribution in [1.29, 1.82) is 0 Å². The number of aromatic nitrogens is 3. The van der Waals surface area contributed by atoms with Crippen LogP contribution in [0.4, 0.5) is 5.82 Å². The first-order chi connectivity index (χ1) is 18.0. The molecule has 11 heteroatoms. The van der Waals surface area contributed by atoms with E-state index in [2.05, 4.69) is 50.7 Å². The molecular formula is C26H31N7O3S. The molecule has 3 aromatic heterocycles. The van der Waals surface area contributed by atoms with Gasteiger partial charge in [-0.1, -0.05) is 6.07 Å². The minimum atomic E-state index is -0.222. The van der Waals surface area contributed by atoms with Gasteiger partial charge in [-0.2, -0.15) is 5.10 Å². The van der Waals surface area contributed by atoms with Crippen molar-refractivity contribution in [1.82, 2.24) is 30.1 Å². The molecule has 0 bridgehead atoms. The van der Waals surface area contributed by atoms with Gasteiger partial charge >= 0.3 is 0 Å². The van der Waals surface area contributed by atoms with Crippen LogP contribution in [0.5, 0.6) is 5.75 Å². The number of carbonyl (C=O) groups excluding carboxylic acids is 1. The number of nitrogens with one attached hydrogen (secondary N) is 2. The van der Waals surface area contributed by atoms with E-state index in [1.807, 2.05) is 4.52 Å². The minimum Gasteiger partial charge on any atom is -0.495 e. The third-order valence-electron chi connectivity index (χ3n) is 7.20. The molecule has 6 rings (SSSR count). The number of ether oxygens (including phenoxy) is 2. The molecule has 2 fully saturated rings. The van der Waals surface area contributed by atoms with E-state index in [0.29, 0.717) is 38.7 Å². The Hall–Kier alpha value is -3.25. The van der Waals surface area contributed by atoms with Crippen LogP contribution in [0.3, 0.4) is 0 Å². The van der Waals surface area contributed by atoms with Gasteiger partial charge in [0, 0.05) is 43.2 Å². The number of aryl methyl sites for hydroxylation is 1. The molecule has 2 saturated heterocycles. The number of carbonyl (C=O) groups is 1. The summed E-state index contributed by atoms with van der Waals surface area (Å²) in [6, 6.07) is 6.20. The lowest BCUT2D eigenvalue weighted by atomic mass is 10.0. The second kappa shape index (κ2) is 9.90. The fourth-order valence-corrected chi connectivity index (χ4v) is 6.57. The summed E-state index contributed by atoms with van der Waals surface area (Å²) >= 11 is 1.68. The number of amides is 1. The van der Waals surface area contributed by atoms with Crippen molar-refractivity contribution in [3.8, 4) is 16.2 Å². The van der Waals surface area contributed by atoms with Gasteiger partial charge in [0.15, 0.2) is 5.82 Å². The molecule has 4 aromatic rings. The Morgan fingerprint density at radius 3 is 2.89 bits per heavy atom. The molecule has 4 N–H and O–H groups in total. The first kappa shape index (κ1) is 24.1. The van der Waals surface area contributed by atoms with Crippen LogP contribution in [0, 0.1) is 6.92 Å². The summed E-state index contributed by atoms with van der Waals surface area (Å²) in [6.07, 6.45) is 2.27. The van der Waals surface area contributed by atoms with E-state index < -0.39 is 0 Å². The van der Waals surface area contributed by atoms with E-state index in [-0.39, 0.29) is 11.9 Å². The number of fused-ring (bicyclic) bond motifs is 2. The predicted octanol–water partition coefficient (Wildman–Crippen LogP) is 2.32. The first-order valence-corrected chi connectivity index (χ1v) is 13.4. The molecule has 0 saturated carbocycles. The zero-order valence-corrected chi connectivity index (χ0v) is 21.9. The maximum Gasteiger partial charge on any atom is 0.237 e. The molecule has 0 spiro atoms. The zero-order chi connectivity index (χ0) is 25.5. The van der Waals surface area contributed by atoms with E-state index in [4.69, 9.17) is 15.2 Å². The van der Waals surface area contributed by atoms with E-state index in [1.165, 1.54) is 6.33 Å². The minimum absolute atomic E-state index is 0.0430. The Morgan fingerprint density at radius 1 is 1.30 bits per heavy atom. The van der Waals surface area contributed by atoms with E-state index in [0.717, 1.165) is 68.1 Å². The number of nitrogens with two attached hydrogens (primary N) is 1. The standard InChI is InChI=1S/C26H31N7O3S/c1-15-9-16-11-21(37-24(16)20(10-15)35-2)22-17(12-29-18-3-4-28-26(18)34)19(13-32-5-7-36-8-6-32)33-23(22)25(27)30-14-31-33/h9-11,14,18,29H,3-8,12-13H2,1-2H3,(H,28,34)(H2,27,30,31). The van der Waals surface area contributed by atoms with Gasteiger partial charge in [0.1, 0.15) is 17.6 Å². The van der Waals surface area contributed by atoms with Crippen LogP contribution in [0.15, 0.2) is 24.5 Å². The van der Waals surface area contributed by atoms with Gasteiger partial charge in [0.25, 0.3) is 0 Å². The highest BCUT2D eigenvalue weighted by atomic mass is 32.1. The molecule has 2 aliphatic rings. The average molecular weight is 522 g/mol. The second-order valence-electron chi connectivity index (χ2n) is 9.60. The molecule has 1 atom stereocenters. The monoisotopic (exact) mass is 521 g/mol. The number of anilines is 1. The Labute approximate surface area is 218 Å². The second-order valence-corrected chi connectivity index (χ2v) is 10.7. The predicted molar refractivity (Wildman–Crippen MR) is 144 cm³/mol. The van der Waals surface area contributed by atoms with Crippen molar-refractivity contribution in [2.24, 2.45) is 0 Å². The number of nitrogen functional groups attached to an aromatic ring is 1. The Bertz CT molecular complexity index is 1470. The van der Waals surface area contributed by atoms with Crippen molar-refractivity contribution in [3.63, 3.8) is 0 Å². The first-order valence-electron chi connectivity index (χ1n) is 12.6. The third-order valence-corrected chi connectivity index (χ3v) is 8.39. The number of hydrogen-bond donors (Lipinski definition) is 3. The SMILES string of the molecule is COc1cc(C)cc2cc(-c3c(CNC4CCNC4=O)c(CN4CCOCC4)n4ncnc(N)c34)sc12. The van der Waals surface area contributed by atoms with E-state index in [1.54, 1.807) is 18.4 Å². The summed E-state index contributed by atoms with van der Waals surface area (Å²) in [6.45, 7) is 7.08. The number of nitrogens with zero attached hydrogens (tertiary/aromatic N) is 4. The maximum atomic E-state index is 12.3. The molecule has 194 valence electrons. The molecule has 5 heterocycles. The fourth-order valence-electron chi connectivity index (χ4n) is 5.36. The number of hydrogen-bond acceptors (Lipinski definition) is 9. The van der Waals surface area contributed by atoms with Crippen molar-refractivity contribution in [2.75, 3.05) is 45.7 Å². The normalized spacial score (nSPS) is 18.6. The Morgan fingerprint density at radius 2 is 2.14 bits per heavy atom. The number of rotatable bonds is 7. The number of benzene rings is 1. The lowest BCUT2D eigenvalue weighted by Gasteiger charge is -2.27. The van der Waals surface area contributed by atoms with E-state index in [9.17, 15) is 4.79 Å². The maximum absolute atomic E-state index is 12.3. The van der Waals surface area contributed by atoms with Crippen LogP contribution < -0.4 is 21.1 Å². The molecule has 0 aliphatic carbocycles. The molecule has 37 heavy (non-hydrogen) atoms. The summed E-state index contributed by atoms with van der Waals surface area (Å²) < 4.78 is 14.3. The topological polar surface area (TPSA) is 119 Å². The van der Waals surface area contributed by atoms with Gasteiger partial charge < -0.3 is 25.8 Å². The van der Waals surface area contributed by atoms with Gasteiger partial charge in [-0.3, -0.25) is 9.69 Å². The smallest absolute Gasteiger partial charge is 0.237 e. The van der Waals surface area contributed by atoms with Gasteiger partial charge in [-0.05, 0) is 42.0 Å². The molecule has 1 amide bonds. The fraction of sp³-hybridized carbons (Fsp3) is 0.423. The summed E-state index contributed by atoms with van der Waals surface area (Å²) in [4.78, 5) is 20.1. The quantitative estimate of drug-likeness (QED) is 0.339. The van der Waals surface area contributed by atoms with Crippen LogP contribution >= 0.6 is 11.3 Å². The lowest BCUT2D eigenvalue weighted by Crippen LogP contribution is -2.37. The highest BCUT2D eigenvalue weighted by molar-refractivity contribution is 7.22. The average Bonchev–Trinajstić information content (AvgIpc) is 3.59. The molecule has 10 nitrogen and oxygen atoms in total. The Kier molecular flexibility index (Phi) is 6.45. The van der Waals surface area contributed by atoms with Crippen LogP contribution in [-0.4, -0.2) is 71.4 Å². The van der Waals surface area contributed by atoms with Gasteiger partial charge in [-0.15, -0.1) is 11.3 Å². The molecule has 1 aromatic carbocycles. The highest BCUT2D eigenvalue weighted by Gasteiger charge is 2.29. The summed E-state index contributed by atoms with van der Waals surface area (Å²) in [5.74, 6) is 1.33. The number of thiophene rings is 1. The van der Waals surface area contributed by atoms with E-state index >= 15 is 0 Å². The molecule has 1 unspecified atom stereocenters. The van der Waals surface area contributed by atoms with Crippen LogP contribution in [0.2, 0.25) is 0 Å². The Balaban J connectivity index is 1.54. The van der Waals surface area contributed by atoms with Gasteiger partial charge in [-0.25, -0.2) is 9.50 Å². The van der Waals surface area contributed by atoms with Gasteiger partial charge in [0.2, 0.25) is 5.91 Å². The van der Waals surface area contributed by atoms with Crippen LogP contribution in [0.1, 0.15) is 23.2 Å². The van der Waals surface area contributed by atoms with Crippen molar-refractivity contribution < 1.29 is 14.3 Å².